The van der Waals surface area contributed by atoms with Crippen LogP contribution in [0.2, 0.25) is 0 Å². The zero-order chi connectivity index (χ0) is 25.2. The number of carbonyl (C=O) groups is 3. The minimum atomic E-state index is -0.867. The highest BCUT2D eigenvalue weighted by atomic mass is 16.4. The number of aliphatic carboxylic acids is 1. The largest absolute Gasteiger partial charge is 0.481 e. The highest BCUT2D eigenvalue weighted by molar-refractivity contribution is 5.88. The fraction of sp³-hybridized carbons (Fsp3) is 0.538. The van der Waals surface area contributed by atoms with Crippen molar-refractivity contribution in [2.75, 3.05) is 13.6 Å². The Morgan fingerprint density at radius 2 is 1.97 bits per heavy atom. The van der Waals surface area contributed by atoms with Gasteiger partial charge in [0, 0.05) is 37.5 Å². The molecule has 0 aliphatic carbocycles. The van der Waals surface area contributed by atoms with Gasteiger partial charge in [-0.05, 0) is 44.1 Å². The van der Waals surface area contributed by atoms with Gasteiger partial charge in [-0.25, -0.2) is 10.4 Å². The molecule has 1 aliphatic heterocycles. The van der Waals surface area contributed by atoms with E-state index in [9.17, 15) is 19.5 Å². The Hall–Kier alpha value is -3.20. The molecule has 1 aromatic carbocycles. The van der Waals surface area contributed by atoms with Crippen molar-refractivity contribution in [3.8, 4) is 11.4 Å². The number of hydrazine groups is 1. The molecule has 4 N–H and O–H groups in total. The summed E-state index contributed by atoms with van der Waals surface area (Å²) in [7, 11) is 1.56. The average molecular weight is 484 g/mol. The summed E-state index contributed by atoms with van der Waals surface area (Å²) in [6.07, 6.45) is 8.50. The SMILES string of the molecule is CCCC[C@@H](C[C@@H](CCc1ccc(-c2ncc[nH]2)cc1)C(=O)N1NCCC[C@H]1C(=O)NC)C(=O)O. The van der Waals surface area contributed by atoms with E-state index >= 15 is 0 Å². The predicted molar refractivity (Wildman–Crippen MR) is 133 cm³/mol. The zero-order valence-corrected chi connectivity index (χ0v) is 20.6. The molecule has 1 aliphatic rings. The molecule has 2 heterocycles. The average Bonchev–Trinajstić information content (AvgIpc) is 3.42. The molecular weight excluding hydrogens is 446 g/mol. The smallest absolute Gasteiger partial charge is 0.306 e. The Labute approximate surface area is 206 Å². The van der Waals surface area contributed by atoms with Gasteiger partial charge in [0.2, 0.25) is 11.8 Å². The van der Waals surface area contributed by atoms with Gasteiger partial charge in [-0.1, -0.05) is 44.0 Å². The van der Waals surface area contributed by atoms with Gasteiger partial charge in [0.25, 0.3) is 0 Å². The number of hydrogen-bond donors (Lipinski definition) is 4. The number of nitrogens with zero attached hydrogens (tertiary/aromatic N) is 2. The van der Waals surface area contributed by atoms with E-state index < -0.39 is 23.8 Å². The van der Waals surface area contributed by atoms with Gasteiger partial charge in [0.1, 0.15) is 11.9 Å². The second kappa shape index (κ2) is 13.0. The summed E-state index contributed by atoms with van der Waals surface area (Å²) in [5, 5.41) is 13.9. The number of rotatable bonds is 12. The molecule has 2 amide bonds. The van der Waals surface area contributed by atoms with E-state index in [1.165, 1.54) is 5.01 Å². The number of imidazole rings is 1. The number of aromatic nitrogens is 2. The molecule has 1 saturated heterocycles. The lowest BCUT2D eigenvalue weighted by Crippen LogP contribution is -2.59. The van der Waals surface area contributed by atoms with Crippen molar-refractivity contribution in [2.45, 2.75) is 64.3 Å². The van der Waals surface area contributed by atoms with Crippen molar-refractivity contribution >= 4 is 17.8 Å². The van der Waals surface area contributed by atoms with E-state index in [2.05, 4.69) is 20.7 Å². The Morgan fingerprint density at radius 3 is 2.60 bits per heavy atom. The van der Waals surface area contributed by atoms with E-state index in [0.29, 0.717) is 32.2 Å². The summed E-state index contributed by atoms with van der Waals surface area (Å²) in [5.74, 6) is -1.58. The number of benzene rings is 1. The highest BCUT2D eigenvalue weighted by Crippen LogP contribution is 2.27. The van der Waals surface area contributed by atoms with Crippen LogP contribution in [-0.4, -0.2) is 57.5 Å². The number of H-pyrrole nitrogens is 1. The lowest BCUT2D eigenvalue weighted by atomic mass is 9.86. The second-order valence-corrected chi connectivity index (χ2v) is 9.17. The molecule has 0 saturated carbocycles. The molecule has 0 spiro atoms. The van der Waals surface area contributed by atoms with Crippen LogP contribution < -0.4 is 10.7 Å². The van der Waals surface area contributed by atoms with E-state index in [-0.39, 0.29) is 18.2 Å². The molecule has 0 unspecified atom stereocenters. The standard InChI is InChI=1S/C26H37N5O4/c1-3-4-6-21(26(34)35)17-20(25(33)31-22(24(32)27-2)7-5-14-30-31)13-10-18-8-11-19(12-9-18)23-28-15-16-29-23/h8-9,11-12,15-16,20-22,30H,3-7,10,13-14,17H2,1-2H3,(H,27,32)(H,28,29)(H,34,35)/t20-,21+,22+/m1/s1. The third-order valence-electron chi connectivity index (χ3n) is 6.72. The molecule has 35 heavy (non-hydrogen) atoms. The van der Waals surface area contributed by atoms with E-state index in [1.807, 2.05) is 31.2 Å². The van der Waals surface area contributed by atoms with E-state index in [0.717, 1.165) is 36.2 Å². The number of unbranched alkanes of at least 4 members (excludes halogenated alkanes) is 1. The van der Waals surface area contributed by atoms with Crippen LogP contribution in [0.1, 0.15) is 57.4 Å². The molecule has 0 radical (unpaired) electrons. The van der Waals surface area contributed by atoms with Gasteiger partial charge in [0.15, 0.2) is 0 Å². The summed E-state index contributed by atoms with van der Waals surface area (Å²) < 4.78 is 0. The Kier molecular flexibility index (Phi) is 9.84. The van der Waals surface area contributed by atoms with Crippen LogP contribution in [0.3, 0.4) is 0 Å². The number of carbonyl (C=O) groups excluding carboxylic acids is 2. The Morgan fingerprint density at radius 1 is 1.20 bits per heavy atom. The van der Waals surface area contributed by atoms with E-state index in [4.69, 9.17) is 0 Å². The van der Waals surface area contributed by atoms with Gasteiger partial charge < -0.3 is 15.4 Å². The van der Waals surface area contributed by atoms with Gasteiger partial charge in [-0.3, -0.25) is 19.4 Å². The quantitative estimate of drug-likeness (QED) is 0.367. The zero-order valence-electron chi connectivity index (χ0n) is 20.6. The first-order valence-electron chi connectivity index (χ1n) is 12.5. The monoisotopic (exact) mass is 483 g/mol. The lowest BCUT2D eigenvalue weighted by Gasteiger charge is -2.37. The van der Waals surface area contributed by atoms with Crippen molar-refractivity contribution in [3.63, 3.8) is 0 Å². The molecular formula is C26H37N5O4. The van der Waals surface area contributed by atoms with Crippen LogP contribution in [-0.2, 0) is 20.8 Å². The van der Waals surface area contributed by atoms with Crippen molar-refractivity contribution in [1.82, 2.24) is 25.7 Å². The summed E-state index contributed by atoms with van der Waals surface area (Å²) in [5.41, 5.74) is 5.13. The first-order chi connectivity index (χ1) is 16.9. The van der Waals surface area contributed by atoms with Gasteiger partial charge in [0.05, 0.1) is 5.92 Å². The molecule has 3 rings (SSSR count). The number of likely N-dealkylation sites (N-methyl/N-ethyl adjacent to an activating group) is 1. The summed E-state index contributed by atoms with van der Waals surface area (Å²) >= 11 is 0. The first kappa shape index (κ1) is 26.4. The third-order valence-corrected chi connectivity index (χ3v) is 6.72. The van der Waals surface area contributed by atoms with Crippen molar-refractivity contribution < 1.29 is 19.5 Å². The fourth-order valence-electron chi connectivity index (χ4n) is 4.65. The minimum Gasteiger partial charge on any atom is -0.481 e. The molecule has 9 nitrogen and oxygen atoms in total. The second-order valence-electron chi connectivity index (χ2n) is 9.17. The Bertz CT molecular complexity index is 961. The lowest BCUT2D eigenvalue weighted by molar-refractivity contribution is -0.151. The number of hydrogen-bond acceptors (Lipinski definition) is 5. The van der Waals surface area contributed by atoms with Crippen LogP contribution >= 0.6 is 0 Å². The number of amides is 2. The minimum absolute atomic E-state index is 0.201. The highest BCUT2D eigenvalue weighted by Gasteiger charge is 2.37. The molecule has 3 atom stereocenters. The van der Waals surface area contributed by atoms with Gasteiger partial charge >= 0.3 is 5.97 Å². The van der Waals surface area contributed by atoms with Crippen LogP contribution in [0.25, 0.3) is 11.4 Å². The first-order valence-corrected chi connectivity index (χ1v) is 12.5. The number of aromatic amines is 1. The van der Waals surface area contributed by atoms with Crippen LogP contribution in [0, 0.1) is 11.8 Å². The van der Waals surface area contributed by atoms with Gasteiger partial charge in [-0.2, -0.15) is 0 Å². The summed E-state index contributed by atoms with van der Waals surface area (Å²) in [6, 6.07) is 7.41. The third kappa shape index (κ3) is 7.14. The molecule has 1 aromatic heterocycles. The van der Waals surface area contributed by atoms with Crippen LogP contribution in [0.5, 0.6) is 0 Å². The number of aryl methyl sites for hydroxylation is 1. The maximum atomic E-state index is 13.7. The normalized spacial score (nSPS) is 17.5. The molecule has 9 heteroatoms. The van der Waals surface area contributed by atoms with Crippen molar-refractivity contribution in [3.05, 3.63) is 42.2 Å². The molecule has 0 bridgehead atoms. The topological polar surface area (TPSA) is 127 Å². The molecule has 1 fully saturated rings. The van der Waals surface area contributed by atoms with Crippen molar-refractivity contribution in [2.24, 2.45) is 11.8 Å². The van der Waals surface area contributed by atoms with Crippen LogP contribution in [0.4, 0.5) is 0 Å². The summed E-state index contributed by atoms with van der Waals surface area (Å²) in [6.45, 7) is 2.64. The molecule has 2 aromatic rings. The number of carboxylic acids is 1. The predicted octanol–water partition coefficient (Wildman–Crippen LogP) is 3.15. The van der Waals surface area contributed by atoms with E-state index in [1.54, 1.807) is 19.4 Å². The summed E-state index contributed by atoms with van der Waals surface area (Å²) in [4.78, 5) is 45.4. The number of carboxylic acid groups (broad SMARTS) is 1. The maximum Gasteiger partial charge on any atom is 0.306 e. The van der Waals surface area contributed by atoms with Gasteiger partial charge in [-0.15, -0.1) is 0 Å². The Balaban J connectivity index is 1.76. The van der Waals surface area contributed by atoms with Crippen LogP contribution in [0.15, 0.2) is 36.7 Å². The maximum absolute atomic E-state index is 13.7. The molecule has 190 valence electrons. The van der Waals surface area contributed by atoms with Crippen molar-refractivity contribution in [1.29, 1.82) is 0 Å². The number of nitrogens with one attached hydrogen (secondary N) is 3. The fourth-order valence-corrected chi connectivity index (χ4v) is 4.65.